The average Bonchev–Trinajstić information content (AvgIpc) is 2.01. The van der Waals surface area contributed by atoms with Gasteiger partial charge in [0.25, 0.3) is 0 Å². The molecule has 2 radical (unpaired) electrons. The molecule has 0 aliphatic heterocycles. The summed E-state index contributed by atoms with van der Waals surface area (Å²) in [4.78, 5) is 0. The summed E-state index contributed by atoms with van der Waals surface area (Å²) in [6.07, 6.45) is 9.42. The van der Waals surface area contributed by atoms with Gasteiger partial charge in [-0.25, -0.2) is 0 Å². The Morgan fingerprint density at radius 3 is 2.36 bits per heavy atom. The van der Waals surface area contributed by atoms with Crippen LogP contribution in [0.4, 0.5) is 0 Å². The monoisotopic (exact) mass is 150 g/mol. The number of hydrogen-bond donors (Lipinski definition) is 0. The summed E-state index contributed by atoms with van der Waals surface area (Å²) >= 11 is 0. The van der Waals surface area contributed by atoms with Crippen LogP contribution in [0.3, 0.4) is 0 Å². The van der Waals surface area contributed by atoms with E-state index in [0.717, 1.165) is 18.3 Å². The molecule has 0 saturated heterocycles. The zero-order valence-corrected chi connectivity index (χ0v) is 7.90. The zero-order chi connectivity index (χ0) is 8.53. The third-order valence-corrected chi connectivity index (χ3v) is 1.78. The lowest BCUT2D eigenvalue weighted by Gasteiger charge is -1.98. The van der Waals surface area contributed by atoms with E-state index in [0.29, 0.717) is 0 Å². The molecule has 0 fully saturated rings. The van der Waals surface area contributed by atoms with E-state index < -0.39 is 0 Å². The van der Waals surface area contributed by atoms with Crippen molar-refractivity contribution in [3.63, 3.8) is 0 Å². The maximum Gasteiger partial charge on any atom is 0.107 e. The van der Waals surface area contributed by atoms with Crippen molar-refractivity contribution in [2.45, 2.75) is 52.4 Å². The molecule has 0 bridgehead atoms. The second kappa shape index (κ2) is 7.91. The van der Waals surface area contributed by atoms with E-state index in [1.807, 2.05) is 0 Å². The SMILES string of the molecule is [B]/C(=C\CCCC)CCCC. The first kappa shape index (κ1) is 10.8. The highest BCUT2D eigenvalue weighted by molar-refractivity contribution is 6.21. The average molecular weight is 150 g/mol. The Morgan fingerprint density at radius 1 is 1.18 bits per heavy atom. The minimum absolute atomic E-state index is 1.08. The second-order valence-corrected chi connectivity index (χ2v) is 3.02. The van der Waals surface area contributed by atoms with Crippen molar-refractivity contribution in [1.29, 1.82) is 0 Å². The maximum absolute atomic E-state index is 5.76. The molecule has 0 atom stereocenters. The van der Waals surface area contributed by atoms with Crippen LogP contribution in [-0.4, -0.2) is 7.85 Å². The highest BCUT2D eigenvalue weighted by Crippen LogP contribution is 2.05. The quantitative estimate of drug-likeness (QED) is 0.402. The molecule has 0 aromatic rings. The van der Waals surface area contributed by atoms with Crippen molar-refractivity contribution >= 4 is 7.85 Å². The lowest BCUT2D eigenvalue weighted by atomic mass is 9.89. The lowest BCUT2D eigenvalue weighted by molar-refractivity contribution is 0.786. The van der Waals surface area contributed by atoms with Gasteiger partial charge in [-0.1, -0.05) is 45.6 Å². The highest BCUT2D eigenvalue weighted by Gasteiger charge is 1.87. The normalized spacial score (nSPS) is 12.0. The summed E-state index contributed by atoms with van der Waals surface area (Å²) in [6.45, 7) is 4.40. The number of allylic oxidation sites excluding steroid dienone is 2. The van der Waals surface area contributed by atoms with Gasteiger partial charge in [0.05, 0.1) is 0 Å². The molecule has 11 heavy (non-hydrogen) atoms. The first-order valence-electron chi connectivity index (χ1n) is 4.75. The number of hydrogen-bond acceptors (Lipinski definition) is 0. The standard InChI is InChI=1S/C10H19B/c1-3-5-7-9-10(11)8-6-4-2/h9H,3-8H2,1-2H3/b10-9-. The van der Waals surface area contributed by atoms with E-state index in [-0.39, 0.29) is 0 Å². The van der Waals surface area contributed by atoms with Gasteiger partial charge < -0.3 is 0 Å². The van der Waals surface area contributed by atoms with Gasteiger partial charge in [-0.15, -0.1) is 5.47 Å². The van der Waals surface area contributed by atoms with E-state index in [1.54, 1.807) is 0 Å². The molecule has 0 aromatic heterocycles. The second-order valence-electron chi connectivity index (χ2n) is 3.02. The van der Waals surface area contributed by atoms with Crippen LogP contribution in [0.5, 0.6) is 0 Å². The first-order valence-corrected chi connectivity index (χ1v) is 4.75. The Bertz CT molecular complexity index is 105. The molecule has 0 saturated carbocycles. The Labute approximate surface area is 72.5 Å². The number of rotatable bonds is 6. The van der Waals surface area contributed by atoms with Crippen LogP contribution < -0.4 is 0 Å². The first-order chi connectivity index (χ1) is 5.31. The van der Waals surface area contributed by atoms with Crippen LogP contribution in [0.25, 0.3) is 0 Å². The Balaban J connectivity index is 3.30. The largest absolute Gasteiger partial charge is 0.122 e. The Morgan fingerprint density at radius 2 is 1.82 bits per heavy atom. The van der Waals surface area contributed by atoms with Crippen LogP contribution in [0.2, 0.25) is 0 Å². The highest BCUT2D eigenvalue weighted by atomic mass is 13.9. The fourth-order valence-corrected chi connectivity index (χ4v) is 0.975. The summed E-state index contributed by atoms with van der Waals surface area (Å²) in [5.74, 6) is 0. The molecule has 0 amide bonds. The molecule has 1 heteroatoms. The molecule has 62 valence electrons. The smallest absolute Gasteiger partial charge is 0.107 e. The zero-order valence-electron chi connectivity index (χ0n) is 7.90. The van der Waals surface area contributed by atoms with Crippen molar-refractivity contribution in [2.75, 3.05) is 0 Å². The molecule has 0 spiro atoms. The third-order valence-electron chi connectivity index (χ3n) is 1.78. The minimum atomic E-state index is 1.08. The van der Waals surface area contributed by atoms with Gasteiger partial charge in [0.1, 0.15) is 7.85 Å². The van der Waals surface area contributed by atoms with Crippen molar-refractivity contribution in [3.8, 4) is 0 Å². The molecule has 0 heterocycles. The third kappa shape index (κ3) is 7.70. The molecule has 0 aliphatic carbocycles. The summed E-state index contributed by atoms with van der Waals surface area (Å²) in [7, 11) is 5.76. The minimum Gasteiger partial charge on any atom is -0.122 e. The molecule has 0 aromatic carbocycles. The van der Waals surface area contributed by atoms with Crippen LogP contribution in [0, 0.1) is 0 Å². The Hall–Kier alpha value is -0.195. The molecule has 0 nitrogen and oxygen atoms in total. The van der Waals surface area contributed by atoms with E-state index >= 15 is 0 Å². The van der Waals surface area contributed by atoms with Crippen molar-refractivity contribution in [3.05, 3.63) is 11.5 Å². The summed E-state index contributed by atoms with van der Waals surface area (Å²) in [6, 6.07) is 0. The molecule has 0 unspecified atom stereocenters. The van der Waals surface area contributed by atoms with Crippen molar-refractivity contribution < 1.29 is 0 Å². The van der Waals surface area contributed by atoms with Gasteiger partial charge in [0.2, 0.25) is 0 Å². The predicted molar refractivity (Wildman–Crippen MR) is 52.9 cm³/mol. The molecular weight excluding hydrogens is 131 g/mol. The van der Waals surface area contributed by atoms with E-state index in [2.05, 4.69) is 19.9 Å². The van der Waals surface area contributed by atoms with Crippen molar-refractivity contribution in [2.24, 2.45) is 0 Å². The molecule has 0 rings (SSSR count). The van der Waals surface area contributed by atoms with Crippen LogP contribution >= 0.6 is 0 Å². The van der Waals surface area contributed by atoms with Crippen LogP contribution in [0.15, 0.2) is 11.5 Å². The molecule has 0 N–H and O–H groups in total. The summed E-state index contributed by atoms with van der Waals surface area (Å²) in [5, 5.41) is 0. The fourth-order valence-electron chi connectivity index (χ4n) is 0.975. The van der Waals surface area contributed by atoms with Crippen LogP contribution in [0.1, 0.15) is 52.4 Å². The van der Waals surface area contributed by atoms with E-state index in [4.69, 9.17) is 7.85 Å². The Kier molecular flexibility index (Phi) is 7.77. The van der Waals surface area contributed by atoms with Crippen molar-refractivity contribution in [1.82, 2.24) is 0 Å². The predicted octanol–water partition coefficient (Wildman–Crippen LogP) is 3.42. The van der Waals surface area contributed by atoms with E-state index in [9.17, 15) is 0 Å². The fraction of sp³-hybridized carbons (Fsp3) is 0.800. The maximum atomic E-state index is 5.76. The molecular formula is C10H19B. The number of unbranched alkanes of at least 4 members (excludes halogenated alkanes) is 3. The van der Waals surface area contributed by atoms with Crippen LogP contribution in [-0.2, 0) is 0 Å². The summed E-state index contributed by atoms with van der Waals surface area (Å²) < 4.78 is 0. The van der Waals surface area contributed by atoms with Gasteiger partial charge in [-0.05, 0) is 12.8 Å². The van der Waals surface area contributed by atoms with Gasteiger partial charge in [0.15, 0.2) is 0 Å². The van der Waals surface area contributed by atoms with Gasteiger partial charge in [-0.3, -0.25) is 0 Å². The lowest BCUT2D eigenvalue weighted by Crippen LogP contribution is -1.82. The van der Waals surface area contributed by atoms with E-state index in [1.165, 1.54) is 25.7 Å². The van der Waals surface area contributed by atoms with Gasteiger partial charge >= 0.3 is 0 Å². The molecule has 0 aliphatic rings. The topological polar surface area (TPSA) is 0 Å². The van der Waals surface area contributed by atoms with Gasteiger partial charge in [0, 0.05) is 0 Å². The summed E-state index contributed by atoms with van der Waals surface area (Å²) in [5.41, 5.74) is 1.08. The van der Waals surface area contributed by atoms with Gasteiger partial charge in [-0.2, -0.15) is 0 Å².